The van der Waals surface area contributed by atoms with Crippen molar-refractivity contribution in [2.75, 3.05) is 10.0 Å². The highest BCUT2D eigenvalue weighted by atomic mass is 127. The summed E-state index contributed by atoms with van der Waals surface area (Å²) in [6, 6.07) is 11.2. The number of aromatic carboxylic acids is 1. The number of hydrazone groups is 2. The summed E-state index contributed by atoms with van der Waals surface area (Å²) in [5.41, 5.74) is 2.02. The zero-order valence-electron chi connectivity index (χ0n) is 17.0. The summed E-state index contributed by atoms with van der Waals surface area (Å²) in [7, 11) is 0. The first-order chi connectivity index (χ1) is 15.3. The van der Waals surface area contributed by atoms with Gasteiger partial charge in [-0.15, -0.1) is 0 Å². The van der Waals surface area contributed by atoms with Crippen molar-refractivity contribution < 1.29 is 19.5 Å². The molecule has 4 rings (SSSR count). The van der Waals surface area contributed by atoms with Crippen molar-refractivity contribution in [3.05, 3.63) is 57.7 Å². The number of hydrogen-bond donors (Lipinski definition) is 1. The van der Waals surface area contributed by atoms with Crippen LogP contribution in [0.4, 0.5) is 11.4 Å². The van der Waals surface area contributed by atoms with Crippen LogP contribution in [0, 0.1) is 3.57 Å². The molecule has 2 aromatic rings. The summed E-state index contributed by atoms with van der Waals surface area (Å²) in [4.78, 5) is 36.7. The number of halogens is 1. The van der Waals surface area contributed by atoms with Crippen LogP contribution in [0.5, 0.6) is 0 Å². The zero-order valence-corrected chi connectivity index (χ0v) is 19.2. The van der Waals surface area contributed by atoms with Crippen molar-refractivity contribution in [3.8, 4) is 0 Å². The molecule has 1 N–H and O–H groups in total. The van der Waals surface area contributed by atoms with E-state index in [9.17, 15) is 14.4 Å². The first-order valence-electron chi connectivity index (χ1n) is 9.53. The lowest BCUT2D eigenvalue weighted by molar-refractivity contribution is -0.119. The van der Waals surface area contributed by atoms with Crippen LogP contribution in [-0.4, -0.2) is 46.4 Å². The van der Waals surface area contributed by atoms with Gasteiger partial charge in [0.05, 0.1) is 28.4 Å². The molecule has 0 aromatic heterocycles. The van der Waals surface area contributed by atoms with Gasteiger partial charge in [0.1, 0.15) is 0 Å². The molecule has 0 bridgehead atoms. The van der Waals surface area contributed by atoms with Crippen LogP contribution >= 0.6 is 22.6 Å². The van der Waals surface area contributed by atoms with E-state index in [1.165, 1.54) is 29.3 Å². The summed E-state index contributed by atoms with van der Waals surface area (Å²) in [6.45, 7) is 3.32. The van der Waals surface area contributed by atoms with Gasteiger partial charge in [-0.3, -0.25) is 9.59 Å². The van der Waals surface area contributed by atoms with Crippen molar-refractivity contribution in [1.29, 1.82) is 0 Å². The normalized spacial score (nSPS) is 20.8. The Kier molecular flexibility index (Phi) is 5.82. The largest absolute Gasteiger partial charge is 0.478 e. The smallest absolute Gasteiger partial charge is 0.335 e. The fourth-order valence-electron chi connectivity index (χ4n) is 3.21. The Morgan fingerprint density at radius 3 is 1.66 bits per heavy atom. The van der Waals surface area contributed by atoms with Crippen LogP contribution in [-0.2, 0) is 9.59 Å². The maximum absolute atomic E-state index is 12.8. The highest BCUT2D eigenvalue weighted by Crippen LogP contribution is 2.25. The predicted molar refractivity (Wildman–Crippen MR) is 126 cm³/mol. The molecule has 2 amide bonds. The van der Waals surface area contributed by atoms with E-state index in [1.54, 1.807) is 26.0 Å². The number of carboxylic acids is 1. The lowest BCUT2D eigenvalue weighted by atomic mass is 10.2. The van der Waals surface area contributed by atoms with Crippen LogP contribution in [0.25, 0.3) is 0 Å². The average Bonchev–Trinajstić information content (AvgIpc) is 3.22. The number of hydrogen-bond acceptors (Lipinski definition) is 7. The number of rotatable bonds is 5. The lowest BCUT2D eigenvalue weighted by Gasteiger charge is -2.13. The molecule has 0 spiro atoms. The molecule has 2 aliphatic rings. The second kappa shape index (κ2) is 8.57. The summed E-state index contributed by atoms with van der Waals surface area (Å²) in [5, 5.41) is 28.2. The second-order valence-electron chi connectivity index (χ2n) is 7.15. The van der Waals surface area contributed by atoms with E-state index in [0.717, 1.165) is 8.58 Å². The molecule has 0 saturated heterocycles. The van der Waals surface area contributed by atoms with E-state index < -0.39 is 24.0 Å². The van der Waals surface area contributed by atoms with Crippen molar-refractivity contribution in [2.24, 2.45) is 20.4 Å². The van der Waals surface area contributed by atoms with E-state index in [0.29, 0.717) is 22.8 Å². The van der Waals surface area contributed by atoms with Gasteiger partial charge in [0.25, 0.3) is 11.8 Å². The van der Waals surface area contributed by atoms with Gasteiger partial charge < -0.3 is 5.11 Å². The molecule has 2 unspecified atom stereocenters. The Bertz CT molecular complexity index is 1190. The number of nitrogens with zero attached hydrogens (tertiary/aromatic N) is 6. The van der Waals surface area contributed by atoms with E-state index in [4.69, 9.17) is 5.11 Å². The molecule has 0 aliphatic carbocycles. The third-order valence-electron chi connectivity index (χ3n) is 4.92. The molecule has 2 aliphatic heterocycles. The molecular formula is C21H17IN6O4. The van der Waals surface area contributed by atoms with Crippen LogP contribution in [0.1, 0.15) is 24.2 Å². The molecular weight excluding hydrogens is 527 g/mol. The van der Waals surface area contributed by atoms with E-state index in [-0.39, 0.29) is 11.5 Å². The maximum atomic E-state index is 12.8. The number of benzene rings is 2. The number of carbonyl (C=O) groups is 3. The van der Waals surface area contributed by atoms with Gasteiger partial charge in [-0.2, -0.15) is 30.4 Å². The fourth-order valence-corrected chi connectivity index (χ4v) is 3.57. The Morgan fingerprint density at radius 1 is 0.844 bits per heavy atom. The molecule has 10 nitrogen and oxygen atoms in total. The van der Waals surface area contributed by atoms with E-state index >= 15 is 0 Å². The van der Waals surface area contributed by atoms with Gasteiger partial charge in [0, 0.05) is 3.57 Å². The lowest BCUT2D eigenvalue weighted by Crippen LogP contribution is -2.32. The number of amides is 2. The van der Waals surface area contributed by atoms with Gasteiger partial charge in [-0.1, -0.05) is 0 Å². The summed E-state index contributed by atoms with van der Waals surface area (Å²) in [6.07, 6.45) is 0. The highest BCUT2D eigenvalue weighted by molar-refractivity contribution is 14.1. The molecule has 2 aromatic carbocycles. The third-order valence-corrected chi connectivity index (χ3v) is 5.64. The number of carbonyl (C=O) groups excluding carboxylic acids is 2. The Labute approximate surface area is 196 Å². The van der Waals surface area contributed by atoms with Gasteiger partial charge in [-0.05, 0) is 85.0 Å². The van der Waals surface area contributed by atoms with Gasteiger partial charge in [-0.25, -0.2) is 4.79 Å². The molecule has 0 fully saturated rings. The minimum Gasteiger partial charge on any atom is -0.478 e. The number of carboxylic acid groups (broad SMARTS) is 1. The third kappa shape index (κ3) is 4.02. The Hall–Kier alpha value is -3.48. The Morgan fingerprint density at radius 2 is 1.25 bits per heavy atom. The number of azo groups is 1. The average molecular weight is 544 g/mol. The minimum atomic E-state index is -1.06. The first kappa shape index (κ1) is 21.7. The second-order valence-corrected chi connectivity index (χ2v) is 8.39. The molecule has 2 heterocycles. The summed E-state index contributed by atoms with van der Waals surface area (Å²) in [5.74, 6) is -1.86. The maximum Gasteiger partial charge on any atom is 0.335 e. The predicted octanol–water partition coefficient (Wildman–Crippen LogP) is 3.32. The van der Waals surface area contributed by atoms with Crippen molar-refractivity contribution in [2.45, 2.75) is 25.9 Å². The Balaban J connectivity index is 1.50. The van der Waals surface area contributed by atoms with E-state index in [1.807, 2.05) is 12.1 Å². The molecule has 0 radical (unpaired) electrons. The van der Waals surface area contributed by atoms with Crippen LogP contribution in [0.2, 0.25) is 0 Å². The molecule has 11 heteroatoms. The van der Waals surface area contributed by atoms with Gasteiger partial charge >= 0.3 is 5.97 Å². The zero-order chi connectivity index (χ0) is 23.0. The van der Waals surface area contributed by atoms with Gasteiger partial charge in [0.15, 0.2) is 12.1 Å². The molecule has 2 atom stereocenters. The monoisotopic (exact) mass is 544 g/mol. The summed E-state index contributed by atoms with van der Waals surface area (Å²) >= 11 is 2.18. The van der Waals surface area contributed by atoms with Crippen molar-refractivity contribution in [3.63, 3.8) is 0 Å². The van der Waals surface area contributed by atoms with Gasteiger partial charge in [0.2, 0.25) is 0 Å². The fraction of sp³-hybridized carbons (Fsp3) is 0.190. The van der Waals surface area contributed by atoms with Crippen LogP contribution in [0.15, 0.2) is 69.0 Å². The minimum absolute atomic E-state index is 0.101. The van der Waals surface area contributed by atoms with Crippen molar-refractivity contribution >= 4 is 63.2 Å². The molecule has 0 saturated carbocycles. The van der Waals surface area contributed by atoms with Crippen molar-refractivity contribution in [1.82, 2.24) is 0 Å². The van der Waals surface area contributed by atoms with E-state index in [2.05, 4.69) is 43.0 Å². The first-order valence-corrected chi connectivity index (χ1v) is 10.6. The SMILES string of the molecule is CC1=NN(c2ccc(I)cc2)C(=O)C1N=NC1C(=O)N(c2ccc(C(=O)O)cc2)N=C1C. The molecule has 32 heavy (non-hydrogen) atoms. The standard InChI is InChI=1S/C21H17IN6O4/c1-11-17(19(29)27(25-11)15-7-3-13(4-8-15)21(31)32)23-24-18-12(2)26-28(20(18)30)16-9-5-14(22)6-10-16/h3-10,17-18H,1-2H3,(H,31,32). The summed E-state index contributed by atoms with van der Waals surface area (Å²) < 4.78 is 1.03. The highest BCUT2D eigenvalue weighted by Gasteiger charge is 2.38. The topological polar surface area (TPSA) is 127 Å². The number of anilines is 2. The van der Waals surface area contributed by atoms with Crippen LogP contribution < -0.4 is 10.0 Å². The quantitative estimate of drug-likeness (QED) is 0.458. The molecule has 162 valence electrons. The van der Waals surface area contributed by atoms with Crippen LogP contribution in [0.3, 0.4) is 0 Å².